The van der Waals surface area contributed by atoms with Crippen molar-refractivity contribution in [3.8, 4) is 0 Å². The van der Waals surface area contributed by atoms with Crippen LogP contribution in [0.4, 0.5) is 5.69 Å². The van der Waals surface area contributed by atoms with Gasteiger partial charge in [0.2, 0.25) is 10.0 Å². The third kappa shape index (κ3) is 3.53. The Kier molecular flexibility index (Phi) is 4.84. The topological polar surface area (TPSA) is 98.9 Å². The number of hydrogen-bond acceptors (Lipinski definition) is 6. The van der Waals surface area contributed by atoms with Crippen LogP contribution in [-0.2, 0) is 10.0 Å². The number of hydrazine groups is 1. The average molecular weight is 314 g/mol. The normalized spacial score (nSPS) is 23.7. The Morgan fingerprint density at radius 2 is 2.00 bits per heavy atom. The van der Waals surface area contributed by atoms with Crippen LogP contribution in [-0.4, -0.2) is 62.1 Å². The number of sulfonamides is 1. The minimum Gasteiger partial charge on any atom is -0.392 e. The number of nitrogens with two attached hydrogens (primary N) is 1. The van der Waals surface area contributed by atoms with E-state index in [-0.39, 0.29) is 17.5 Å². The molecule has 1 heterocycles. The van der Waals surface area contributed by atoms with Crippen LogP contribution < -0.4 is 11.3 Å². The molecule has 2 atom stereocenters. The van der Waals surface area contributed by atoms with E-state index in [2.05, 4.69) is 5.43 Å². The SMILES string of the molecule is CN(C)CC1CC(O)CN1S(=O)(=O)c1ccc(NN)cc1. The Morgan fingerprint density at radius 3 is 2.52 bits per heavy atom. The molecule has 0 aliphatic carbocycles. The molecule has 21 heavy (non-hydrogen) atoms. The van der Waals surface area contributed by atoms with Crippen molar-refractivity contribution >= 4 is 15.7 Å². The van der Waals surface area contributed by atoms with Crippen molar-refractivity contribution in [1.29, 1.82) is 0 Å². The monoisotopic (exact) mass is 314 g/mol. The van der Waals surface area contributed by atoms with Gasteiger partial charge < -0.3 is 15.4 Å². The summed E-state index contributed by atoms with van der Waals surface area (Å²) in [6.45, 7) is 0.719. The molecule has 8 heteroatoms. The van der Waals surface area contributed by atoms with E-state index in [1.54, 1.807) is 12.1 Å². The minimum absolute atomic E-state index is 0.137. The second-order valence-corrected chi connectivity index (χ2v) is 7.44. The van der Waals surface area contributed by atoms with Gasteiger partial charge >= 0.3 is 0 Å². The molecule has 1 saturated heterocycles. The number of anilines is 1. The van der Waals surface area contributed by atoms with Gasteiger partial charge in [0.15, 0.2) is 0 Å². The molecule has 1 aromatic carbocycles. The fourth-order valence-electron chi connectivity index (χ4n) is 2.60. The Bertz CT molecular complexity index is 574. The van der Waals surface area contributed by atoms with Crippen molar-refractivity contribution < 1.29 is 13.5 Å². The molecular formula is C13H22N4O3S. The zero-order valence-electron chi connectivity index (χ0n) is 12.2. The summed E-state index contributed by atoms with van der Waals surface area (Å²) in [4.78, 5) is 2.13. The molecule has 0 radical (unpaired) electrons. The maximum atomic E-state index is 12.7. The second-order valence-electron chi connectivity index (χ2n) is 5.55. The zero-order chi connectivity index (χ0) is 15.6. The first-order chi connectivity index (χ1) is 9.84. The number of nitrogens with one attached hydrogen (secondary N) is 1. The van der Waals surface area contributed by atoms with Crippen LogP contribution in [0.1, 0.15) is 6.42 Å². The van der Waals surface area contributed by atoms with E-state index >= 15 is 0 Å². The van der Waals surface area contributed by atoms with E-state index in [1.807, 2.05) is 19.0 Å². The zero-order valence-corrected chi connectivity index (χ0v) is 13.0. The van der Waals surface area contributed by atoms with Gasteiger partial charge in [0.25, 0.3) is 0 Å². The maximum absolute atomic E-state index is 12.7. The summed E-state index contributed by atoms with van der Waals surface area (Å²) in [7, 11) is 0.159. The molecule has 4 N–H and O–H groups in total. The van der Waals surface area contributed by atoms with Crippen molar-refractivity contribution in [1.82, 2.24) is 9.21 Å². The number of rotatable bonds is 5. The average Bonchev–Trinajstić information content (AvgIpc) is 2.79. The molecule has 0 amide bonds. The van der Waals surface area contributed by atoms with Crippen molar-refractivity contribution in [3.05, 3.63) is 24.3 Å². The second kappa shape index (κ2) is 6.29. The highest BCUT2D eigenvalue weighted by molar-refractivity contribution is 7.89. The quantitative estimate of drug-likeness (QED) is 0.508. The molecule has 0 aromatic heterocycles. The van der Waals surface area contributed by atoms with Crippen molar-refractivity contribution in [2.75, 3.05) is 32.6 Å². The van der Waals surface area contributed by atoms with Gasteiger partial charge in [0, 0.05) is 24.8 Å². The summed E-state index contributed by atoms with van der Waals surface area (Å²) in [6.07, 6.45) is -0.158. The van der Waals surface area contributed by atoms with E-state index in [1.165, 1.54) is 16.4 Å². The van der Waals surface area contributed by atoms with Crippen molar-refractivity contribution in [3.63, 3.8) is 0 Å². The lowest BCUT2D eigenvalue weighted by atomic mass is 10.2. The predicted molar refractivity (Wildman–Crippen MR) is 81.1 cm³/mol. The number of likely N-dealkylation sites (N-methyl/N-ethyl adjacent to an activating group) is 1. The fourth-order valence-corrected chi connectivity index (χ4v) is 4.27. The predicted octanol–water partition coefficient (Wildman–Crippen LogP) is -0.342. The molecule has 0 bridgehead atoms. The highest BCUT2D eigenvalue weighted by atomic mass is 32.2. The van der Waals surface area contributed by atoms with Gasteiger partial charge in [-0.1, -0.05) is 0 Å². The maximum Gasteiger partial charge on any atom is 0.243 e. The van der Waals surface area contributed by atoms with E-state index in [0.29, 0.717) is 18.7 Å². The van der Waals surface area contributed by atoms with Crippen molar-refractivity contribution in [2.45, 2.75) is 23.5 Å². The van der Waals surface area contributed by atoms with E-state index in [0.717, 1.165) is 0 Å². The van der Waals surface area contributed by atoms with Gasteiger partial charge in [-0.15, -0.1) is 0 Å². The largest absolute Gasteiger partial charge is 0.392 e. The summed E-state index contributed by atoms with van der Waals surface area (Å²) in [5, 5.41) is 9.82. The smallest absolute Gasteiger partial charge is 0.243 e. The van der Waals surface area contributed by atoms with Crippen LogP contribution in [0.15, 0.2) is 29.2 Å². The number of aliphatic hydroxyl groups is 1. The summed E-state index contributed by atoms with van der Waals surface area (Å²) in [6, 6.07) is 6.04. The van der Waals surface area contributed by atoms with Gasteiger partial charge in [-0.25, -0.2) is 8.42 Å². The van der Waals surface area contributed by atoms with Crippen LogP contribution in [0.5, 0.6) is 0 Å². The number of benzene rings is 1. The summed E-state index contributed by atoms with van der Waals surface area (Å²) < 4.78 is 26.8. The van der Waals surface area contributed by atoms with Crippen LogP contribution in [0.2, 0.25) is 0 Å². The number of nitrogens with zero attached hydrogens (tertiary/aromatic N) is 2. The Labute approximate surface area is 125 Å². The molecule has 0 spiro atoms. The first kappa shape index (κ1) is 16.2. The molecule has 7 nitrogen and oxygen atoms in total. The summed E-state index contributed by atoms with van der Waals surface area (Å²) in [5.74, 6) is 5.28. The Hall–Kier alpha value is -1.19. The third-order valence-corrected chi connectivity index (χ3v) is 5.48. The minimum atomic E-state index is -3.61. The molecule has 118 valence electrons. The first-order valence-corrected chi connectivity index (χ1v) is 8.20. The molecule has 1 fully saturated rings. The van der Waals surface area contributed by atoms with E-state index < -0.39 is 16.1 Å². The lowest BCUT2D eigenvalue weighted by Gasteiger charge is -2.26. The molecule has 2 unspecified atom stereocenters. The lowest BCUT2D eigenvalue weighted by Crippen LogP contribution is -2.41. The van der Waals surface area contributed by atoms with Crippen LogP contribution in [0.25, 0.3) is 0 Å². The highest BCUT2D eigenvalue weighted by Crippen LogP contribution is 2.27. The summed E-state index contributed by atoms with van der Waals surface area (Å²) in [5.41, 5.74) is 3.10. The van der Waals surface area contributed by atoms with E-state index in [4.69, 9.17) is 5.84 Å². The van der Waals surface area contributed by atoms with Crippen LogP contribution in [0.3, 0.4) is 0 Å². The van der Waals surface area contributed by atoms with Crippen molar-refractivity contribution in [2.24, 2.45) is 5.84 Å². The molecule has 0 saturated carbocycles. The van der Waals surface area contributed by atoms with Gasteiger partial charge in [-0.3, -0.25) is 5.84 Å². The number of nitrogen functional groups attached to an aromatic ring is 1. The fraction of sp³-hybridized carbons (Fsp3) is 0.538. The molecule has 2 rings (SSSR count). The molecule has 1 aliphatic heterocycles. The Balaban J connectivity index is 2.27. The number of β-amino-alcohol motifs (C(OH)–C–C–N with tert-alkyl or cyclic N) is 1. The van der Waals surface area contributed by atoms with Gasteiger partial charge in [0.1, 0.15) is 0 Å². The summed E-state index contributed by atoms with van der Waals surface area (Å²) >= 11 is 0. The van der Waals surface area contributed by atoms with Crippen LogP contribution in [0, 0.1) is 0 Å². The van der Waals surface area contributed by atoms with Gasteiger partial charge in [0.05, 0.1) is 11.0 Å². The number of aliphatic hydroxyl groups excluding tert-OH is 1. The van der Waals surface area contributed by atoms with Gasteiger partial charge in [-0.05, 0) is 44.8 Å². The Morgan fingerprint density at radius 1 is 1.38 bits per heavy atom. The molecular weight excluding hydrogens is 292 g/mol. The number of hydrogen-bond donors (Lipinski definition) is 3. The highest BCUT2D eigenvalue weighted by Gasteiger charge is 2.39. The first-order valence-electron chi connectivity index (χ1n) is 6.76. The lowest BCUT2D eigenvalue weighted by molar-refractivity contribution is 0.188. The van der Waals surface area contributed by atoms with E-state index in [9.17, 15) is 13.5 Å². The van der Waals surface area contributed by atoms with Crippen LogP contribution >= 0.6 is 0 Å². The molecule has 1 aromatic rings. The standard InChI is InChI=1S/C13H22N4O3S/c1-16(2)8-11-7-12(18)9-17(11)21(19,20)13-5-3-10(15-14)4-6-13/h3-6,11-12,15,18H,7-9,14H2,1-2H3. The molecule has 1 aliphatic rings. The third-order valence-electron chi connectivity index (χ3n) is 3.55. The van der Waals surface area contributed by atoms with Gasteiger partial charge in [-0.2, -0.15) is 4.31 Å².